The highest BCUT2D eigenvalue weighted by Crippen LogP contribution is 2.35. The van der Waals surface area contributed by atoms with Crippen LogP contribution in [-0.2, 0) is 19.1 Å². The van der Waals surface area contributed by atoms with Crippen LogP contribution in [-0.4, -0.2) is 33.2 Å². The van der Waals surface area contributed by atoms with Gasteiger partial charge >= 0.3 is 11.9 Å². The van der Waals surface area contributed by atoms with Crippen molar-refractivity contribution >= 4 is 20.0 Å². The van der Waals surface area contributed by atoms with E-state index in [0.29, 0.717) is 26.1 Å². The van der Waals surface area contributed by atoms with E-state index >= 15 is 0 Å². The number of allylic oxidation sites excluding steroid dienone is 2. The number of ether oxygens (including phenoxy) is 2. The van der Waals surface area contributed by atoms with Crippen molar-refractivity contribution in [1.82, 2.24) is 0 Å². The summed E-state index contributed by atoms with van der Waals surface area (Å²) in [6.45, 7) is 11.2. The highest BCUT2D eigenvalue weighted by molar-refractivity contribution is 6.76. The SMILES string of the molecule is CCOC(=O)C1CC=C(C[Si](C)(C)C)CC1C(=O)OCC. The first-order valence-corrected chi connectivity index (χ1v) is 11.5. The Morgan fingerprint density at radius 2 is 1.62 bits per heavy atom. The molecule has 0 aromatic carbocycles. The summed E-state index contributed by atoms with van der Waals surface area (Å²) in [4.78, 5) is 24.2. The molecule has 0 aromatic heterocycles. The molecule has 1 rings (SSSR count). The van der Waals surface area contributed by atoms with Crippen LogP contribution in [0.25, 0.3) is 0 Å². The van der Waals surface area contributed by atoms with Gasteiger partial charge in [-0.3, -0.25) is 9.59 Å². The van der Waals surface area contributed by atoms with Crippen molar-refractivity contribution < 1.29 is 19.1 Å². The van der Waals surface area contributed by atoms with Crippen molar-refractivity contribution in [2.24, 2.45) is 11.8 Å². The molecule has 0 spiro atoms. The van der Waals surface area contributed by atoms with E-state index in [-0.39, 0.29) is 17.9 Å². The minimum Gasteiger partial charge on any atom is -0.466 e. The van der Waals surface area contributed by atoms with E-state index in [4.69, 9.17) is 9.47 Å². The van der Waals surface area contributed by atoms with E-state index in [2.05, 4.69) is 25.7 Å². The van der Waals surface area contributed by atoms with Crippen LogP contribution in [0.3, 0.4) is 0 Å². The van der Waals surface area contributed by atoms with Gasteiger partial charge in [0.25, 0.3) is 0 Å². The summed E-state index contributed by atoms with van der Waals surface area (Å²) in [5.74, 6) is -1.33. The molecule has 0 bridgehead atoms. The Morgan fingerprint density at radius 3 is 2.10 bits per heavy atom. The molecule has 0 N–H and O–H groups in total. The molecule has 0 saturated heterocycles. The molecule has 0 amide bonds. The van der Waals surface area contributed by atoms with Crippen molar-refractivity contribution in [2.75, 3.05) is 13.2 Å². The molecule has 4 nitrogen and oxygen atoms in total. The Balaban J connectivity index is 2.88. The Labute approximate surface area is 128 Å². The quantitative estimate of drug-likeness (QED) is 0.428. The summed E-state index contributed by atoms with van der Waals surface area (Å²) < 4.78 is 10.3. The van der Waals surface area contributed by atoms with Crippen LogP contribution in [0, 0.1) is 11.8 Å². The molecule has 1 aliphatic rings. The van der Waals surface area contributed by atoms with Crippen LogP contribution in [0.1, 0.15) is 26.7 Å². The van der Waals surface area contributed by atoms with E-state index in [1.807, 2.05) is 0 Å². The van der Waals surface area contributed by atoms with Gasteiger partial charge in [0.2, 0.25) is 0 Å². The van der Waals surface area contributed by atoms with E-state index in [1.165, 1.54) is 5.57 Å². The molecule has 0 aliphatic heterocycles. The zero-order chi connectivity index (χ0) is 16.0. The molecule has 120 valence electrons. The fourth-order valence-corrected chi connectivity index (χ4v) is 4.45. The van der Waals surface area contributed by atoms with Gasteiger partial charge in [-0.25, -0.2) is 0 Å². The van der Waals surface area contributed by atoms with Gasteiger partial charge in [0.1, 0.15) is 0 Å². The second kappa shape index (κ2) is 7.78. The first-order chi connectivity index (χ1) is 9.78. The number of hydrogen-bond acceptors (Lipinski definition) is 4. The number of carbonyl (C=O) groups is 2. The second-order valence-corrected chi connectivity index (χ2v) is 12.2. The average molecular weight is 312 g/mol. The topological polar surface area (TPSA) is 52.6 Å². The summed E-state index contributed by atoms with van der Waals surface area (Å²) in [6, 6.07) is 1.07. The van der Waals surface area contributed by atoms with Crippen LogP contribution >= 0.6 is 0 Å². The van der Waals surface area contributed by atoms with Gasteiger partial charge < -0.3 is 9.47 Å². The predicted octanol–water partition coefficient (Wildman–Crippen LogP) is 3.40. The molecule has 0 saturated carbocycles. The minimum absolute atomic E-state index is 0.267. The molecular formula is C16H28O4Si. The Morgan fingerprint density at radius 1 is 1.10 bits per heavy atom. The second-order valence-electron chi connectivity index (χ2n) is 6.76. The number of hydrogen-bond donors (Lipinski definition) is 0. The Bertz CT molecular complexity index is 409. The van der Waals surface area contributed by atoms with Gasteiger partial charge in [0.15, 0.2) is 0 Å². The third-order valence-corrected chi connectivity index (χ3v) is 5.08. The van der Waals surface area contributed by atoms with E-state index in [9.17, 15) is 9.59 Å². The monoisotopic (exact) mass is 312 g/mol. The van der Waals surface area contributed by atoms with Gasteiger partial charge in [0, 0.05) is 8.07 Å². The lowest BCUT2D eigenvalue weighted by atomic mass is 9.80. The zero-order valence-corrected chi connectivity index (χ0v) is 14.9. The molecule has 2 atom stereocenters. The van der Waals surface area contributed by atoms with Gasteiger partial charge in [-0.05, 0) is 32.7 Å². The lowest BCUT2D eigenvalue weighted by Gasteiger charge is -2.30. The van der Waals surface area contributed by atoms with Gasteiger partial charge in [-0.15, -0.1) is 0 Å². The van der Waals surface area contributed by atoms with Crippen molar-refractivity contribution in [3.8, 4) is 0 Å². The normalized spacial score (nSPS) is 22.4. The molecule has 0 aromatic rings. The maximum atomic E-state index is 12.2. The van der Waals surface area contributed by atoms with Crippen LogP contribution in [0.4, 0.5) is 0 Å². The smallest absolute Gasteiger partial charge is 0.310 e. The first kappa shape index (κ1) is 17.9. The molecule has 5 heteroatoms. The van der Waals surface area contributed by atoms with E-state index in [1.54, 1.807) is 13.8 Å². The van der Waals surface area contributed by atoms with Gasteiger partial charge in [-0.2, -0.15) is 0 Å². The lowest BCUT2D eigenvalue weighted by molar-refractivity contribution is -0.160. The molecule has 1 aliphatic carbocycles. The first-order valence-electron chi connectivity index (χ1n) is 7.79. The zero-order valence-electron chi connectivity index (χ0n) is 13.9. The number of esters is 2. The van der Waals surface area contributed by atoms with Crippen LogP contribution < -0.4 is 0 Å². The maximum absolute atomic E-state index is 12.2. The van der Waals surface area contributed by atoms with Crippen molar-refractivity contribution in [3.05, 3.63) is 11.6 Å². The lowest BCUT2D eigenvalue weighted by Crippen LogP contribution is -2.35. The molecule has 0 fully saturated rings. The van der Waals surface area contributed by atoms with Crippen LogP contribution in [0.2, 0.25) is 25.7 Å². The largest absolute Gasteiger partial charge is 0.466 e. The highest BCUT2D eigenvalue weighted by atomic mass is 28.3. The Hall–Kier alpha value is -1.10. The van der Waals surface area contributed by atoms with Gasteiger partial charge in [0.05, 0.1) is 25.0 Å². The van der Waals surface area contributed by atoms with Crippen LogP contribution in [0.5, 0.6) is 0 Å². The molecular weight excluding hydrogens is 284 g/mol. The molecule has 0 radical (unpaired) electrons. The van der Waals surface area contributed by atoms with E-state index < -0.39 is 14.0 Å². The standard InChI is InChI=1S/C16H28O4Si/c1-6-19-15(17)13-9-8-12(11-21(3,4)5)10-14(13)16(18)20-7-2/h8,13-14H,6-7,9-11H2,1-5H3. The highest BCUT2D eigenvalue weighted by Gasteiger charge is 2.38. The van der Waals surface area contributed by atoms with Gasteiger partial charge in [-0.1, -0.05) is 31.3 Å². The minimum atomic E-state index is -1.23. The van der Waals surface area contributed by atoms with Crippen LogP contribution in [0.15, 0.2) is 11.6 Å². The van der Waals surface area contributed by atoms with Crippen molar-refractivity contribution in [1.29, 1.82) is 0 Å². The molecule has 2 unspecified atom stereocenters. The number of rotatable bonds is 6. The van der Waals surface area contributed by atoms with Crippen molar-refractivity contribution in [2.45, 2.75) is 52.4 Å². The fraction of sp³-hybridized carbons (Fsp3) is 0.750. The molecule has 21 heavy (non-hydrogen) atoms. The fourth-order valence-electron chi connectivity index (χ4n) is 2.80. The third kappa shape index (κ3) is 5.65. The Kier molecular flexibility index (Phi) is 6.65. The number of carbonyl (C=O) groups excluding carboxylic acids is 2. The van der Waals surface area contributed by atoms with E-state index in [0.717, 1.165) is 6.04 Å². The van der Waals surface area contributed by atoms with Crippen molar-refractivity contribution in [3.63, 3.8) is 0 Å². The summed E-state index contributed by atoms with van der Waals surface area (Å²) in [7, 11) is -1.23. The summed E-state index contributed by atoms with van der Waals surface area (Å²) >= 11 is 0. The molecule has 0 heterocycles. The predicted molar refractivity (Wildman–Crippen MR) is 85.7 cm³/mol. The maximum Gasteiger partial charge on any atom is 0.310 e. The summed E-state index contributed by atoms with van der Waals surface area (Å²) in [6.07, 6.45) is 3.35. The average Bonchev–Trinajstić information content (AvgIpc) is 2.37. The summed E-state index contributed by atoms with van der Waals surface area (Å²) in [5, 5.41) is 0. The third-order valence-electron chi connectivity index (χ3n) is 3.56. The summed E-state index contributed by atoms with van der Waals surface area (Å²) in [5.41, 5.74) is 1.30.